The molecule has 1 heterocycles. The Kier molecular flexibility index (Phi) is 5.98. The summed E-state index contributed by atoms with van der Waals surface area (Å²) in [6.07, 6.45) is -0.681. The molecule has 1 unspecified atom stereocenters. The maximum Gasteiger partial charge on any atom is 0.259 e. The van der Waals surface area contributed by atoms with Gasteiger partial charge in [0.2, 0.25) is 0 Å². The Hall–Kier alpha value is -4.15. The van der Waals surface area contributed by atoms with Gasteiger partial charge in [0, 0.05) is 29.4 Å². The van der Waals surface area contributed by atoms with Gasteiger partial charge in [0.1, 0.15) is 0 Å². The first kappa shape index (κ1) is 22.6. The van der Waals surface area contributed by atoms with Crippen LogP contribution in [0.25, 0.3) is 33.2 Å². The average molecular weight is 461 g/mol. The minimum Gasteiger partial charge on any atom is -0.389 e. The summed E-state index contributed by atoms with van der Waals surface area (Å²) < 4.78 is 1.73. The van der Waals surface area contributed by atoms with Crippen molar-refractivity contribution in [1.29, 1.82) is 0 Å². The number of hydrogen-bond donors (Lipinski definition) is 2. The molecular formula is C31H28N2O2. The lowest BCUT2D eigenvalue weighted by Gasteiger charge is -2.22. The molecule has 4 nitrogen and oxygen atoms in total. The number of anilines is 2. The minimum atomic E-state index is -0.681. The highest BCUT2D eigenvalue weighted by Crippen LogP contribution is 2.42. The number of aryl methyl sites for hydroxylation is 2. The zero-order chi connectivity index (χ0) is 24.5. The Bertz CT molecular complexity index is 1570. The minimum absolute atomic E-state index is 0.0673. The zero-order valence-corrected chi connectivity index (χ0v) is 20.1. The van der Waals surface area contributed by atoms with Gasteiger partial charge < -0.3 is 15.0 Å². The molecular weight excluding hydrogens is 432 g/mol. The number of fused-ring (bicyclic) bond motifs is 1. The molecule has 5 rings (SSSR count). The van der Waals surface area contributed by atoms with Crippen LogP contribution in [-0.4, -0.2) is 9.67 Å². The summed E-state index contributed by atoms with van der Waals surface area (Å²) in [7, 11) is 1.82. The Morgan fingerprint density at radius 3 is 2.11 bits per heavy atom. The van der Waals surface area contributed by atoms with Gasteiger partial charge in [-0.2, -0.15) is 0 Å². The van der Waals surface area contributed by atoms with Crippen LogP contribution < -0.4 is 10.9 Å². The van der Waals surface area contributed by atoms with E-state index in [1.165, 1.54) is 0 Å². The summed E-state index contributed by atoms with van der Waals surface area (Å²) in [6.45, 7) is 3.85. The van der Waals surface area contributed by atoms with Crippen molar-refractivity contribution in [2.75, 3.05) is 5.32 Å². The summed E-state index contributed by atoms with van der Waals surface area (Å²) in [4.78, 5) is 13.8. The lowest BCUT2D eigenvalue weighted by Crippen LogP contribution is -2.21. The van der Waals surface area contributed by atoms with Gasteiger partial charge in [-0.25, -0.2) is 0 Å². The Labute approximate surface area is 205 Å². The lowest BCUT2D eigenvalue weighted by atomic mass is 9.86. The van der Waals surface area contributed by atoms with E-state index in [2.05, 4.69) is 12.2 Å². The van der Waals surface area contributed by atoms with Crippen LogP contribution >= 0.6 is 0 Å². The van der Waals surface area contributed by atoms with E-state index in [-0.39, 0.29) is 5.56 Å². The van der Waals surface area contributed by atoms with Crippen molar-refractivity contribution < 1.29 is 5.11 Å². The number of nitrogens with one attached hydrogen (secondary N) is 1. The molecule has 0 radical (unpaired) electrons. The second kappa shape index (κ2) is 9.24. The van der Waals surface area contributed by atoms with Crippen molar-refractivity contribution >= 4 is 22.3 Å². The van der Waals surface area contributed by atoms with E-state index in [4.69, 9.17) is 0 Å². The van der Waals surface area contributed by atoms with Crippen molar-refractivity contribution in [3.8, 4) is 22.3 Å². The highest BCUT2D eigenvalue weighted by molar-refractivity contribution is 6.06. The normalized spacial score (nSPS) is 12.0. The first-order chi connectivity index (χ1) is 17.0. The highest BCUT2D eigenvalue weighted by atomic mass is 16.3. The molecule has 0 fully saturated rings. The molecule has 1 aromatic heterocycles. The molecule has 0 saturated carbocycles. The van der Waals surface area contributed by atoms with Crippen LogP contribution in [0.5, 0.6) is 0 Å². The largest absolute Gasteiger partial charge is 0.389 e. The fourth-order valence-electron chi connectivity index (χ4n) is 4.84. The fraction of sp³-hybridized carbons (Fsp3) is 0.129. The third kappa shape index (κ3) is 4.02. The van der Waals surface area contributed by atoms with Crippen molar-refractivity contribution in [2.24, 2.45) is 7.05 Å². The van der Waals surface area contributed by atoms with Crippen LogP contribution in [-0.2, 0) is 7.05 Å². The number of aromatic nitrogens is 1. The van der Waals surface area contributed by atoms with Gasteiger partial charge in [-0.05, 0) is 60.4 Å². The monoisotopic (exact) mass is 460 g/mol. The van der Waals surface area contributed by atoms with Crippen molar-refractivity contribution in [1.82, 2.24) is 4.57 Å². The van der Waals surface area contributed by atoms with Gasteiger partial charge in [-0.1, -0.05) is 72.8 Å². The summed E-state index contributed by atoms with van der Waals surface area (Å²) in [5.41, 5.74) is 7.77. The molecule has 1 atom stereocenters. The molecule has 0 aliphatic rings. The van der Waals surface area contributed by atoms with Crippen LogP contribution in [0.3, 0.4) is 0 Å². The van der Waals surface area contributed by atoms with E-state index in [1.54, 1.807) is 11.5 Å². The van der Waals surface area contributed by atoms with E-state index in [9.17, 15) is 9.90 Å². The topological polar surface area (TPSA) is 54.3 Å². The number of hydrogen-bond acceptors (Lipinski definition) is 3. The molecule has 4 heteroatoms. The molecule has 0 amide bonds. The molecule has 4 aromatic carbocycles. The maximum absolute atomic E-state index is 13.8. The summed E-state index contributed by atoms with van der Waals surface area (Å²) in [5, 5.41) is 15.2. The predicted molar refractivity (Wildman–Crippen MR) is 145 cm³/mol. The molecule has 174 valence electrons. The average Bonchev–Trinajstić information content (AvgIpc) is 2.88. The zero-order valence-electron chi connectivity index (χ0n) is 20.1. The van der Waals surface area contributed by atoms with Crippen molar-refractivity contribution in [3.63, 3.8) is 0 Å². The standard InChI is InChI=1S/C31H28N2O2/c1-20-26(32-23-14-8-5-9-15-23)18-19-27-28(20)30(25-17-11-10-16-24(25)21(2)34)29(31(35)33(27)3)22-12-6-4-7-13-22/h4-19,21,32,34H,1-3H3. The number of benzene rings is 4. The molecule has 0 aliphatic carbocycles. The smallest absolute Gasteiger partial charge is 0.259 e. The first-order valence-electron chi connectivity index (χ1n) is 11.8. The number of pyridine rings is 1. The third-order valence-corrected chi connectivity index (χ3v) is 6.62. The Morgan fingerprint density at radius 2 is 1.43 bits per heavy atom. The summed E-state index contributed by atoms with van der Waals surface area (Å²) in [5.74, 6) is 0. The maximum atomic E-state index is 13.8. The number of nitrogens with zero attached hydrogens (tertiary/aromatic N) is 1. The van der Waals surface area contributed by atoms with Gasteiger partial charge >= 0.3 is 0 Å². The van der Waals surface area contributed by atoms with E-state index in [1.807, 2.05) is 104 Å². The molecule has 0 bridgehead atoms. The second-order valence-corrected chi connectivity index (χ2v) is 8.87. The molecule has 35 heavy (non-hydrogen) atoms. The third-order valence-electron chi connectivity index (χ3n) is 6.62. The quantitative estimate of drug-likeness (QED) is 0.298. The Balaban J connectivity index is 1.93. The lowest BCUT2D eigenvalue weighted by molar-refractivity contribution is 0.200. The number of aliphatic hydroxyl groups is 1. The van der Waals surface area contributed by atoms with Gasteiger partial charge in [-0.15, -0.1) is 0 Å². The van der Waals surface area contributed by atoms with Crippen LogP contribution in [0, 0.1) is 6.92 Å². The number of aliphatic hydroxyl groups excluding tert-OH is 1. The van der Waals surface area contributed by atoms with Gasteiger partial charge in [0.05, 0.1) is 17.2 Å². The van der Waals surface area contributed by atoms with Gasteiger partial charge in [0.15, 0.2) is 0 Å². The predicted octanol–water partition coefficient (Wildman–Crippen LogP) is 6.98. The number of para-hydroxylation sites is 1. The SMILES string of the molecule is Cc1c(Nc2ccccc2)ccc2c1c(-c1ccccc1C(C)O)c(-c1ccccc1)c(=O)n2C. The van der Waals surface area contributed by atoms with Gasteiger partial charge in [0.25, 0.3) is 5.56 Å². The summed E-state index contributed by atoms with van der Waals surface area (Å²) in [6, 6.07) is 31.7. The van der Waals surface area contributed by atoms with Gasteiger partial charge in [-0.3, -0.25) is 4.79 Å². The van der Waals surface area contributed by atoms with Crippen LogP contribution in [0.4, 0.5) is 11.4 Å². The first-order valence-corrected chi connectivity index (χ1v) is 11.8. The molecule has 0 aliphatic heterocycles. The molecule has 0 saturated heterocycles. The summed E-state index contributed by atoms with van der Waals surface area (Å²) >= 11 is 0. The van der Waals surface area contributed by atoms with E-state index < -0.39 is 6.10 Å². The van der Waals surface area contributed by atoms with Crippen LogP contribution in [0.15, 0.2) is 102 Å². The van der Waals surface area contributed by atoms with Crippen molar-refractivity contribution in [3.05, 3.63) is 119 Å². The van der Waals surface area contributed by atoms with Crippen LogP contribution in [0.2, 0.25) is 0 Å². The number of rotatable bonds is 5. The van der Waals surface area contributed by atoms with Crippen molar-refractivity contribution in [2.45, 2.75) is 20.0 Å². The second-order valence-electron chi connectivity index (χ2n) is 8.87. The van der Waals surface area contributed by atoms with Crippen LogP contribution in [0.1, 0.15) is 24.2 Å². The highest BCUT2D eigenvalue weighted by Gasteiger charge is 2.23. The molecule has 5 aromatic rings. The molecule has 0 spiro atoms. The van der Waals surface area contributed by atoms with E-state index >= 15 is 0 Å². The Morgan fingerprint density at radius 1 is 0.800 bits per heavy atom. The van der Waals surface area contributed by atoms with E-state index in [0.717, 1.165) is 50.1 Å². The van der Waals surface area contributed by atoms with E-state index in [0.29, 0.717) is 5.56 Å². The molecule has 2 N–H and O–H groups in total. The fourth-order valence-corrected chi connectivity index (χ4v) is 4.84.